The number of rotatable bonds is 5. The molecule has 0 aromatic carbocycles. The molecule has 0 bridgehead atoms. The van der Waals surface area contributed by atoms with E-state index in [9.17, 15) is 18.0 Å². The molecule has 0 radical (unpaired) electrons. The van der Waals surface area contributed by atoms with Crippen LogP contribution >= 0.6 is 0 Å². The predicted octanol–water partition coefficient (Wildman–Crippen LogP) is 1.06. The van der Waals surface area contributed by atoms with Crippen molar-refractivity contribution in [3.8, 4) is 0 Å². The van der Waals surface area contributed by atoms with Crippen molar-refractivity contribution in [2.75, 3.05) is 13.1 Å². The minimum atomic E-state index is -3.33. The van der Waals surface area contributed by atoms with Crippen LogP contribution in [0.2, 0.25) is 0 Å². The van der Waals surface area contributed by atoms with Crippen LogP contribution in [0.25, 0.3) is 0 Å². The number of aromatic nitrogens is 2. The second-order valence-corrected chi connectivity index (χ2v) is 9.14. The predicted molar refractivity (Wildman–Crippen MR) is 98.9 cm³/mol. The smallest absolute Gasteiger partial charge is 0.256 e. The molecule has 0 unspecified atom stereocenters. The zero-order valence-corrected chi connectivity index (χ0v) is 16.2. The standard InChI is InChI=1S/C18H23N3O5S/c1-13-14(2)19-12-21(18(13)23)10-17(22)20-7-5-16(6-8-20)27(24,25)11-15-4-3-9-26-15/h3-4,9,12,16H,5-8,10-11H2,1-2H3. The molecule has 0 N–H and O–H groups in total. The zero-order chi connectivity index (χ0) is 19.6. The summed E-state index contributed by atoms with van der Waals surface area (Å²) in [4.78, 5) is 30.4. The summed E-state index contributed by atoms with van der Waals surface area (Å²) in [5.74, 6) is 0.0987. The Morgan fingerprint density at radius 1 is 1.30 bits per heavy atom. The van der Waals surface area contributed by atoms with Gasteiger partial charge in [-0.25, -0.2) is 13.4 Å². The monoisotopic (exact) mass is 393 g/mol. The molecule has 9 heteroatoms. The summed E-state index contributed by atoms with van der Waals surface area (Å²) in [5, 5.41) is -0.488. The van der Waals surface area contributed by atoms with Gasteiger partial charge in [0.2, 0.25) is 5.91 Å². The average molecular weight is 393 g/mol. The molecule has 0 saturated carbocycles. The molecule has 0 spiro atoms. The van der Waals surface area contributed by atoms with E-state index in [0.717, 1.165) is 0 Å². The number of sulfone groups is 1. The Bertz CT molecular complexity index is 971. The van der Waals surface area contributed by atoms with Crippen molar-refractivity contribution in [1.29, 1.82) is 0 Å². The number of piperidine rings is 1. The molecule has 8 nitrogen and oxygen atoms in total. The SMILES string of the molecule is Cc1ncn(CC(=O)N2CCC(S(=O)(=O)Cc3ccco3)CC2)c(=O)c1C. The molecular formula is C18H23N3O5S. The molecule has 2 aromatic heterocycles. The molecule has 0 aliphatic carbocycles. The zero-order valence-electron chi connectivity index (χ0n) is 15.4. The first-order valence-corrected chi connectivity index (χ1v) is 10.5. The number of hydrogen-bond acceptors (Lipinski definition) is 6. The van der Waals surface area contributed by atoms with Gasteiger partial charge in [-0.1, -0.05) is 0 Å². The van der Waals surface area contributed by atoms with E-state index in [1.807, 2.05) is 0 Å². The van der Waals surface area contributed by atoms with Crippen LogP contribution in [0.1, 0.15) is 29.9 Å². The molecule has 1 saturated heterocycles. The minimum Gasteiger partial charge on any atom is -0.468 e. The van der Waals surface area contributed by atoms with Crippen LogP contribution in [0, 0.1) is 13.8 Å². The van der Waals surface area contributed by atoms with Gasteiger partial charge in [0.05, 0.1) is 17.8 Å². The van der Waals surface area contributed by atoms with Gasteiger partial charge in [0.1, 0.15) is 18.1 Å². The van der Waals surface area contributed by atoms with Crippen molar-refractivity contribution in [3.63, 3.8) is 0 Å². The Morgan fingerprint density at radius 2 is 2.00 bits per heavy atom. The average Bonchev–Trinajstić information content (AvgIpc) is 3.14. The molecule has 1 fully saturated rings. The number of amides is 1. The molecule has 2 aromatic rings. The Morgan fingerprint density at radius 3 is 2.63 bits per heavy atom. The van der Waals surface area contributed by atoms with Gasteiger partial charge < -0.3 is 9.32 Å². The number of aryl methyl sites for hydroxylation is 1. The highest BCUT2D eigenvalue weighted by Gasteiger charge is 2.32. The maximum absolute atomic E-state index is 12.5. The van der Waals surface area contributed by atoms with E-state index >= 15 is 0 Å². The molecule has 0 atom stereocenters. The first-order chi connectivity index (χ1) is 12.8. The molecule has 27 heavy (non-hydrogen) atoms. The molecule has 1 aliphatic heterocycles. The van der Waals surface area contributed by atoms with Gasteiger partial charge in [0.15, 0.2) is 9.84 Å². The quantitative estimate of drug-likeness (QED) is 0.753. The van der Waals surface area contributed by atoms with Crippen LogP contribution in [0.3, 0.4) is 0 Å². The van der Waals surface area contributed by atoms with Gasteiger partial charge in [-0.05, 0) is 38.8 Å². The third kappa shape index (κ3) is 4.29. The number of nitrogens with zero attached hydrogens (tertiary/aromatic N) is 3. The lowest BCUT2D eigenvalue weighted by atomic mass is 10.1. The molecule has 1 amide bonds. The first kappa shape index (κ1) is 19.3. The highest BCUT2D eigenvalue weighted by atomic mass is 32.2. The molecule has 1 aliphatic rings. The minimum absolute atomic E-state index is 0.0865. The van der Waals surface area contributed by atoms with Crippen molar-refractivity contribution < 1.29 is 17.6 Å². The molecule has 3 rings (SSSR count). The van der Waals surface area contributed by atoms with Crippen LogP contribution in [-0.2, 0) is 26.9 Å². The fourth-order valence-corrected chi connectivity index (χ4v) is 4.93. The van der Waals surface area contributed by atoms with Crippen molar-refractivity contribution in [3.05, 3.63) is 52.1 Å². The van der Waals surface area contributed by atoms with Gasteiger partial charge in [0, 0.05) is 24.3 Å². The summed E-state index contributed by atoms with van der Waals surface area (Å²) in [7, 11) is -3.33. The Kier molecular flexibility index (Phi) is 5.50. The third-order valence-electron chi connectivity index (χ3n) is 5.05. The van der Waals surface area contributed by atoms with Crippen molar-refractivity contribution in [2.24, 2.45) is 0 Å². The fraction of sp³-hybridized carbons (Fsp3) is 0.500. The van der Waals surface area contributed by atoms with Crippen molar-refractivity contribution >= 4 is 15.7 Å². The van der Waals surface area contributed by atoms with Crippen LogP contribution in [0.4, 0.5) is 0 Å². The molecule has 146 valence electrons. The van der Waals surface area contributed by atoms with E-state index in [1.165, 1.54) is 17.2 Å². The summed E-state index contributed by atoms with van der Waals surface area (Å²) >= 11 is 0. The number of likely N-dealkylation sites (tertiary alicyclic amines) is 1. The van der Waals surface area contributed by atoms with Gasteiger partial charge in [-0.2, -0.15) is 0 Å². The van der Waals surface area contributed by atoms with Gasteiger partial charge in [-0.15, -0.1) is 0 Å². The number of hydrogen-bond donors (Lipinski definition) is 0. The second-order valence-electron chi connectivity index (χ2n) is 6.85. The van der Waals surface area contributed by atoms with E-state index in [0.29, 0.717) is 42.9 Å². The summed E-state index contributed by atoms with van der Waals surface area (Å²) in [6, 6.07) is 3.31. The van der Waals surface area contributed by atoms with E-state index in [-0.39, 0.29) is 23.8 Å². The maximum Gasteiger partial charge on any atom is 0.256 e. The Labute approximate surface area is 157 Å². The lowest BCUT2D eigenvalue weighted by Gasteiger charge is -2.31. The Balaban J connectivity index is 1.59. The van der Waals surface area contributed by atoms with Crippen LogP contribution < -0.4 is 5.56 Å². The summed E-state index contributed by atoms with van der Waals surface area (Å²) < 4.78 is 31.5. The van der Waals surface area contributed by atoms with Crippen LogP contribution in [-0.4, -0.2) is 47.1 Å². The van der Waals surface area contributed by atoms with Gasteiger partial charge in [0.25, 0.3) is 5.56 Å². The molecular weight excluding hydrogens is 370 g/mol. The van der Waals surface area contributed by atoms with Crippen molar-refractivity contribution in [2.45, 2.75) is 44.2 Å². The van der Waals surface area contributed by atoms with Gasteiger partial charge in [-0.3, -0.25) is 14.2 Å². The van der Waals surface area contributed by atoms with E-state index < -0.39 is 15.1 Å². The largest absolute Gasteiger partial charge is 0.468 e. The number of carbonyl (C=O) groups excluding carboxylic acids is 1. The summed E-state index contributed by atoms with van der Waals surface area (Å²) in [6.45, 7) is 4.05. The fourth-order valence-electron chi connectivity index (χ4n) is 3.21. The van der Waals surface area contributed by atoms with E-state index in [1.54, 1.807) is 30.9 Å². The maximum atomic E-state index is 12.5. The highest BCUT2D eigenvalue weighted by Crippen LogP contribution is 2.22. The first-order valence-electron chi connectivity index (χ1n) is 8.82. The third-order valence-corrected chi connectivity index (χ3v) is 7.22. The van der Waals surface area contributed by atoms with Gasteiger partial charge >= 0.3 is 0 Å². The normalized spacial score (nSPS) is 15.9. The second kappa shape index (κ2) is 7.67. The van der Waals surface area contributed by atoms with Crippen molar-refractivity contribution in [1.82, 2.24) is 14.5 Å². The number of carbonyl (C=O) groups is 1. The Hall–Kier alpha value is -2.42. The van der Waals surface area contributed by atoms with Crippen LogP contribution in [0.5, 0.6) is 0 Å². The van der Waals surface area contributed by atoms with Crippen LogP contribution in [0.15, 0.2) is 33.9 Å². The van der Waals surface area contributed by atoms with E-state index in [4.69, 9.17) is 4.42 Å². The summed E-state index contributed by atoms with van der Waals surface area (Å²) in [6.07, 6.45) is 3.60. The summed E-state index contributed by atoms with van der Waals surface area (Å²) in [5.41, 5.74) is 0.936. The molecule has 3 heterocycles. The van der Waals surface area contributed by atoms with E-state index in [2.05, 4.69) is 4.98 Å². The lowest BCUT2D eigenvalue weighted by molar-refractivity contribution is -0.132. The number of furan rings is 1. The topological polar surface area (TPSA) is 102 Å². The highest BCUT2D eigenvalue weighted by molar-refractivity contribution is 7.91. The lowest BCUT2D eigenvalue weighted by Crippen LogP contribution is -2.44.